The molecule has 25 heavy (non-hydrogen) atoms. The molecule has 0 bridgehead atoms. The van der Waals surface area contributed by atoms with Crippen molar-refractivity contribution in [2.45, 2.75) is 44.7 Å². The first-order chi connectivity index (χ1) is 11.6. The molecule has 9 heteroatoms. The molecule has 0 unspecified atom stereocenters. The first-order valence-electron chi connectivity index (χ1n) is 7.80. The number of hydrogen-bond acceptors (Lipinski definition) is 6. The summed E-state index contributed by atoms with van der Waals surface area (Å²) in [4.78, 5) is 22.8. The summed E-state index contributed by atoms with van der Waals surface area (Å²) >= 11 is 0. The number of ether oxygens (including phenoxy) is 2. The van der Waals surface area contributed by atoms with E-state index in [0.717, 1.165) is 0 Å². The highest BCUT2D eigenvalue weighted by Gasteiger charge is 2.23. The van der Waals surface area contributed by atoms with Crippen LogP contribution in [0.4, 0.5) is 5.69 Å². The van der Waals surface area contributed by atoms with Crippen molar-refractivity contribution in [3.63, 3.8) is 0 Å². The molecule has 0 heterocycles. The van der Waals surface area contributed by atoms with E-state index in [1.165, 1.54) is 38.1 Å². The summed E-state index contributed by atoms with van der Waals surface area (Å²) in [5.41, 5.74) is 0.476. The Morgan fingerprint density at radius 2 is 1.68 bits per heavy atom. The number of amides is 1. The second-order valence-corrected chi connectivity index (χ2v) is 7.35. The lowest BCUT2D eigenvalue weighted by atomic mass is 10.3. The number of esters is 1. The zero-order chi connectivity index (χ0) is 19.0. The van der Waals surface area contributed by atoms with E-state index in [1.807, 2.05) is 13.8 Å². The molecule has 0 spiro atoms. The van der Waals surface area contributed by atoms with Crippen LogP contribution in [0, 0.1) is 0 Å². The van der Waals surface area contributed by atoms with Gasteiger partial charge in [0.1, 0.15) is 12.6 Å². The van der Waals surface area contributed by atoms with Gasteiger partial charge in [0.15, 0.2) is 0 Å². The van der Waals surface area contributed by atoms with Crippen LogP contribution in [0.2, 0.25) is 0 Å². The Labute approximate surface area is 147 Å². The smallest absolute Gasteiger partial charge is 0.323 e. The second kappa shape index (κ2) is 9.50. The number of hydrogen-bond donors (Lipinski definition) is 2. The Morgan fingerprint density at radius 3 is 2.20 bits per heavy atom. The number of anilines is 1. The molecule has 1 rings (SSSR count). The quantitative estimate of drug-likeness (QED) is 0.499. The molecule has 0 aromatic heterocycles. The molecule has 1 aromatic carbocycles. The third kappa shape index (κ3) is 7.63. The van der Waals surface area contributed by atoms with Crippen molar-refractivity contribution < 1.29 is 27.5 Å². The predicted octanol–water partition coefficient (Wildman–Crippen LogP) is 1.28. The van der Waals surface area contributed by atoms with Gasteiger partial charge < -0.3 is 14.8 Å². The molecule has 0 saturated carbocycles. The normalized spacial score (nSPS) is 12.7. The molecular formula is C16H24N2O6S. The van der Waals surface area contributed by atoms with E-state index in [0.29, 0.717) is 5.69 Å². The largest absolute Gasteiger partial charge is 0.462 e. The van der Waals surface area contributed by atoms with Gasteiger partial charge in [-0.15, -0.1) is 0 Å². The van der Waals surface area contributed by atoms with Gasteiger partial charge in [-0.25, -0.2) is 8.42 Å². The second-order valence-electron chi connectivity index (χ2n) is 5.64. The fraction of sp³-hybridized carbons (Fsp3) is 0.500. The highest BCUT2D eigenvalue weighted by molar-refractivity contribution is 7.89. The molecule has 0 fully saturated rings. The van der Waals surface area contributed by atoms with Crippen molar-refractivity contribution in [3.8, 4) is 0 Å². The van der Waals surface area contributed by atoms with Crippen LogP contribution in [0.1, 0.15) is 27.7 Å². The Bertz CT molecular complexity index is 685. The molecule has 0 aliphatic heterocycles. The van der Waals surface area contributed by atoms with Crippen molar-refractivity contribution in [3.05, 3.63) is 24.3 Å². The highest BCUT2D eigenvalue weighted by atomic mass is 32.2. The van der Waals surface area contributed by atoms with Crippen LogP contribution < -0.4 is 10.0 Å². The van der Waals surface area contributed by atoms with Crippen LogP contribution in [-0.4, -0.2) is 45.7 Å². The average molecular weight is 372 g/mol. The van der Waals surface area contributed by atoms with Crippen LogP contribution >= 0.6 is 0 Å². The van der Waals surface area contributed by atoms with Gasteiger partial charge in [0.05, 0.1) is 17.6 Å². The van der Waals surface area contributed by atoms with E-state index in [-0.39, 0.29) is 30.1 Å². The fourth-order valence-electron chi connectivity index (χ4n) is 1.82. The highest BCUT2D eigenvalue weighted by Crippen LogP contribution is 2.14. The molecule has 1 atom stereocenters. The Balaban J connectivity index is 2.60. The van der Waals surface area contributed by atoms with Crippen molar-refractivity contribution >= 4 is 27.6 Å². The fourth-order valence-corrected chi connectivity index (χ4v) is 3.01. The van der Waals surface area contributed by atoms with Gasteiger partial charge in [0.25, 0.3) is 0 Å². The number of rotatable bonds is 9. The van der Waals surface area contributed by atoms with E-state index in [9.17, 15) is 18.0 Å². The molecule has 1 amide bonds. The topological polar surface area (TPSA) is 111 Å². The van der Waals surface area contributed by atoms with E-state index in [1.54, 1.807) is 0 Å². The van der Waals surface area contributed by atoms with Gasteiger partial charge >= 0.3 is 5.97 Å². The zero-order valence-corrected chi connectivity index (χ0v) is 15.6. The van der Waals surface area contributed by atoms with Gasteiger partial charge in [-0.3, -0.25) is 9.59 Å². The molecule has 0 aliphatic carbocycles. The summed E-state index contributed by atoms with van der Waals surface area (Å²) < 4.78 is 37.0. The zero-order valence-electron chi connectivity index (χ0n) is 14.7. The summed E-state index contributed by atoms with van der Waals surface area (Å²) in [6, 6.07) is 4.55. The standard InChI is InChI=1S/C16H24N2O6S/c1-11(2)23-9-10-24-16(20)12(3)18-25(21,22)15-7-5-14(6-8-15)17-13(4)19/h5-8,11-12,18H,9-10H2,1-4H3,(H,17,19)/t12-/m0/s1. The van der Waals surface area contributed by atoms with Crippen molar-refractivity contribution in [2.75, 3.05) is 18.5 Å². The van der Waals surface area contributed by atoms with Crippen LogP contribution in [0.3, 0.4) is 0 Å². The van der Waals surface area contributed by atoms with Crippen LogP contribution in [0.15, 0.2) is 29.2 Å². The van der Waals surface area contributed by atoms with Crippen LogP contribution in [-0.2, 0) is 29.1 Å². The predicted molar refractivity (Wildman–Crippen MR) is 92.6 cm³/mol. The molecule has 1 aromatic rings. The minimum atomic E-state index is -3.89. The summed E-state index contributed by atoms with van der Waals surface area (Å²) in [5.74, 6) is -0.947. The maximum absolute atomic E-state index is 12.3. The minimum absolute atomic E-state index is 0.0232. The van der Waals surface area contributed by atoms with Crippen molar-refractivity contribution in [1.82, 2.24) is 4.72 Å². The lowest BCUT2D eigenvalue weighted by Crippen LogP contribution is -2.39. The van der Waals surface area contributed by atoms with Gasteiger partial charge in [-0.1, -0.05) is 0 Å². The average Bonchev–Trinajstić information content (AvgIpc) is 2.50. The van der Waals surface area contributed by atoms with E-state index >= 15 is 0 Å². The van der Waals surface area contributed by atoms with Crippen molar-refractivity contribution in [1.29, 1.82) is 0 Å². The van der Waals surface area contributed by atoms with E-state index < -0.39 is 22.0 Å². The Hall–Kier alpha value is -1.97. The van der Waals surface area contributed by atoms with E-state index in [2.05, 4.69) is 10.0 Å². The number of carbonyl (C=O) groups is 2. The first kappa shape index (κ1) is 21.1. The number of sulfonamides is 1. The molecule has 2 N–H and O–H groups in total. The first-order valence-corrected chi connectivity index (χ1v) is 9.28. The van der Waals surface area contributed by atoms with Gasteiger partial charge in [0.2, 0.25) is 15.9 Å². The van der Waals surface area contributed by atoms with E-state index in [4.69, 9.17) is 9.47 Å². The third-order valence-electron chi connectivity index (χ3n) is 2.95. The summed E-state index contributed by atoms with van der Waals surface area (Å²) in [7, 11) is -3.89. The Morgan fingerprint density at radius 1 is 1.08 bits per heavy atom. The molecule has 8 nitrogen and oxygen atoms in total. The minimum Gasteiger partial charge on any atom is -0.462 e. The SMILES string of the molecule is CC(=O)Nc1ccc(S(=O)(=O)N[C@@H](C)C(=O)OCCOC(C)C)cc1. The summed E-state index contributed by atoms with van der Waals surface area (Å²) in [5, 5.41) is 2.54. The van der Waals surface area contributed by atoms with Gasteiger partial charge in [-0.2, -0.15) is 4.72 Å². The molecule has 0 aliphatic rings. The number of nitrogens with one attached hydrogen (secondary N) is 2. The summed E-state index contributed by atoms with van der Waals surface area (Å²) in [6.07, 6.45) is 0.0232. The number of benzene rings is 1. The monoisotopic (exact) mass is 372 g/mol. The maximum Gasteiger partial charge on any atom is 0.323 e. The third-order valence-corrected chi connectivity index (χ3v) is 4.51. The molecule has 0 radical (unpaired) electrons. The van der Waals surface area contributed by atoms with Crippen LogP contribution in [0.5, 0.6) is 0 Å². The molecule has 140 valence electrons. The maximum atomic E-state index is 12.3. The lowest BCUT2D eigenvalue weighted by molar-refractivity contribution is -0.147. The lowest BCUT2D eigenvalue weighted by Gasteiger charge is -2.14. The van der Waals surface area contributed by atoms with Crippen molar-refractivity contribution in [2.24, 2.45) is 0 Å². The summed E-state index contributed by atoms with van der Waals surface area (Å²) in [6.45, 7) is 6.76. The van der Waals surface area contributed by atoms with Crippen LogP contribution in [0.25, 0.3) is 0 Å². The van der Waals surface area contributed by atoms with Gasteiger partial charge in [-0.05, 0) is 45.0 Å². The van der Waals surface area contributed by atoms with Gasteiger partial charge in [0, 0.05) is 12.6 Å². The Kier molecular flexibility index (Phi) is 8.01. The molecular weight excluding hydrogens is 348 g/mol. The molecule has 0 saturated heterocycles. The number of carbonyl (C=O) groups excluding carboxylic acids is 2.